The summed E-state index contributed by atoms with van der Waals surface area (Å²) in [6.07, 6.45) is 0. The van der Waals surface area contributed by atoms with Crippen molar-refractivity contribution < 1.29 is 19.0 Å². The van der Waals surface area contributed by atoms with E-state index < -0.39 is 0 Å². The molecule has 6 nitrogen and oxygen atoms in total. The fourth-order valence-electron chi connectivity index (χ4n) is 3.37. The van der Waals surface area contributed by atoms with E-state index in [4.69, 9.17) is 19.2 Å². The molecular formula is C26H24N2O4. The number of pyridine rings is 1. The van der Waals surface area contributed by atoms with Gasteiger partial charge >= 0.3 is 0 Å². The van der Waals surface area contributed by atoms with Gasteiger partial charge in [0.25, 0.3) is 5.91 Å². The number of nitrogens with zero attached hydrogens (tertiary/aromatic N) is 1. The first kappa shape index (κ1) is 21.2. The summed E-state index contributed by atoms with van der Waals surface area (Å²) in [7, 11) is 3.11. The normalized spacial score (nSPS) is 10.6. The second-order valence-corrected chi connectivity index (χ2v) is 7.29. The van der Waals surface area contributed by atoms with E-state index >= 15 is 0 Å². The second-order valence-electron chi connectivity index (χ2n) is 7.29. The number of carbonyl (C=O) groups excluding carboxylic acids is 1. The second kappa shape index (κ2) is 9.39. The van der Waals surface area contributed by atoms with E-state index in [2.05, 4.69) is 5.32 Å². The van der Waals surface area contributed by atoms with Crippen LogP contribution in [0.1, 0.15) is 5.56 Å². The van der Waals surface area contributed by atoms with Crippen LogP contribution >= 0.6 is 0 Å². The molecule has 6 heteroatoms. The molecule has 0 saturated carbocycles. The van der Waals surface area contributed by atoms with E-state index in [9.17, 15) is 4.79 Å². The van der Waals surface area contributed by atoms with Crippen LogP contribution in [0.15, 0.2) is 72.8 Å². The zero-order valence-corrected chi connectivity index (χ0v) is 18.2. The molecule has 0 bridgehead atoms. The molecule has 1 heterocycles. The Bertz CT molecular complexity index is 1250. The number of amides is 1. The highest BCUT2D eigenvalue weighted by Crippen LogP contribution is 2.31. The average Bonchev–Trinajstić information content (AvgIpc) is 2.83. The first-order valence-electron chi connectivity index (χ1n) is 10.2. The van der Waals surface area contributed by atoms with Crippen molar-refractivity contribution in [1.82, 2.24) is 4.98 Å². The van der Waals surface area contributed by atoms with Gasteiger partial charge in [-0.25, -0.2) is 4.98 Å². The van der Waals surface area contributed by atoms with Crippen LogP contribution in [0.25, 0.3) is 22.2 Å². The summed E-state index contributed by atoms with van der Waals surface area (Å²) in [5.74, 6) is 1.45. The molecule has 0 fully saturated rings. The standard InChI is InChI=1S/C26H24N2O4/c1-17-8-10-18(11-9-17)23-15-24(20-6-4-5-7-21(20)27-23)32-16-26(29)28-22-13-12-19(30-2)14-25(22)31-3/h4-15H,16H2,1-3H3,(H,28,29). The SMILES string of the molecule is COc1ccc(NC(=O)COc2cc(-c3ccc(C)cc3)nc3ccccc23)c(OC)c1. The average molecular weight is 428 g/mol. The third-order valence-electron chi connectivity index (χ3n) is 5.07. The minimum absolute atomic E-state index is 0.156. The predicted octanol–water partition coefficient (Wildman–Crippen LogP) is 5.24. The summed E-state index contributed by atoms with van der Waals surface area (Å²) < 4.78 is 16.5. The molecule has 0 aliphatic heterocycles. The minimum Gasteiger partial charge on any atom is -0.497 e. The van der Waals surface area contributed by atoms with Gasteiger partial charge in [0.15, 0.2) is 6.61 Å². The van der Waals surface area contributed by atoms with Crippen LogP contribution in [-0.4, -0.2) is 31.7 Å². The highest BCUT2D eigenvalue weighted by Gasteiger charge is 2.13. The molecular weight excluding hydrogens is 404 g/mol. The topological polar surface area (TPSA) is 69.7 Å². The number of aryl methyl sites for hydroxylation is 1. The monoisotopic (exact) mass is 428 g/mol. The van der Waals surface area contributed by atoms with Gasteiger partial charge in [-0.05, 0) is 31.2 Å². The lowest BCUT2D eigenvalue weighted by atomic mass is 10.1. The number of hydrogen-bond donors (Lipinski definition) is 1. The van der Waals surface area contributed by atoms with Gasteiger partial charge in [0.2, 0.25) is 0 Å². The third kappa shape index (κ3) is 4.64. The number of aromatic nitrogens is 1. The molecule has 4 aromatic rings. The molecule has 0 spiro atoms. The van der Waals surface area contributed by atoms with Crippen LogP contribution in [0, 0.1) is 6.92 Å². The molecule has 4 rings (SSSR count). The predicted molar refractivity (Wildman–Crippen MR) is 126 cm³/mol. The molecule has 1 aromatic heterocycles. The highest BCUT2D eigenvalue weighted by atomic mass is 16.5. The van der Waals surface area contributed by atoms with Crippen LogP contribution in [0.3, 0.4) is 0 Å². The van der Waals surface area contributed by atoms with Gasteiger partial charge < -0.3 is 19.5 Å². The maximum absolute atomic E-state index is 12.6. The van der Waals surface area contributed by atoms with Crippen LogP contribution in [0.5, 0.6) is 17.2 Å². The summed E-state index contributed by atoms with van der Waals surface area (Å²) in [4.78, 5) is 17.4. The molecule has 1 amide bonds. The largest absolute Gasteiger partial charge is 0.497 e. The fraction of sp³-hybridized carbons (Fsp3) is 0.154. The quantitative estimate of drug-likeness (QED) is 0.436. The lowest BCUT2D eigenvalue weighted by Crippen LogP contribution is -2.20. The highest BCUT2D eigenvalue weighted by molar-refractivity contribution is 5.94. The molecule has 0 saturated heterocycles. The molecule has 0 atom stereocenters. The Labute approximate surface area is 186 Å². The zero-order valence-electron chi connectivity index (χ0n) is 18.2. The van der Waals surface area contributed by atoms with Gasteiger partial charge in [-0.3, -0.25) is 4.79 Å². The van der Waals surface area contributed by atoms with E-state index in [1.165, 1.54) is 12.7 Å². The summed E-state index contributed by atoms with van der Waals surface area (Å²) in [6.45, 7) is 1.89. The number of methoxy groups -OCH3 is 2. The molecule has 0 aliphatic carbocycles. The third-order valence-corrected chi connectivity index (χ3v) is 5.07. The van der Waals surface area contributed by atoms with Crippen molar-refractivity contribution in [2.75, 3.05) is 26.1 Å². The van der Waals surface area contributed by atoms with Crippen molar-refractivity contribution in [1.29, 1.82) is 0 Å². The maximum atomic E-state index is 12.6. The van der Waals surface area contributed by atoms with Gasteiger partial charge in [-0.2, -0.15) is 0 Å². The van der Waals surface area contributed by atoms with Gasteiger partial charge in [0.05, 0.1) is 31.1 Å². The first-order valence-corrected chi connectivity index (χ1v) is 10.2. The van der Waals surface area contributed by atoms with Crippen molar-refractivity contribution in [3.05, 3.63) is 78.4 Å². The number of fused-ring (bicyclic) bond motifs is 1. The Morgan fingerprint density at radius 1 is 0.906 bits per heavy atom. The summed E-state index contributed by atoms with van der Waals surface area (Å²) in [5.41, 5.74) is 4.30. The van der Waals surface area contributed by atoms with Crippen molar-refractivity contribution in [3.63, 3.8) is 0 Å². The lowest BCUT2D eigenvalue weighted by molar-refractivity contribution is -0.118. The van der Waals surface area contributed by atoms with Gasteiger partial charge in [0, 0.05) is 23.1 Å². The summed E-state index contributed by atoms with van der Waals surface area (Å²) in [5, 5.41) is 3.67. The number of rotatable bonds is 7. The van der Waals surface area contributed by atoms with Crippen LogP contribution in [-0.2, 0) is 4.79 Å². The number of para-hydroxylation sites is 1. The minimum atomic E-state index is -0.300. The van der Waals surface area contributed by atoms with E-state index in [0.29, 0.717) is 22.9 Å². The number of anilines is 1. The molecule has 3 aromatic carbocycles. The van der Waals surface area contributed by atoms with E-state index in [0.717, 1.165) is 22.2 Å². The van der Waals surface area contributed by atoms with Crippen LogP contribution in [0.4, 0.5) is 5.69 Å². The zero-order chi connectivity index (χ0) is 22.5. The van der Waals surface area contributed by atoms with Crippen molar-refractivity contribution in [2.24, 2.45) is 0 Å². The van der Waals surface area contributed by atoms with Gasteiger partial charge in [-0.1, -0.05) is 42.0 Å². The van der Waals surface area contributed by atoms with Crippen molar-refractivity contribution >= 4 is 22.5 Å². The van der Waals surface area contributed by atoms with Crippen LogP contribution in [0.2, 0.25) is 0 Å². The Balaban J connectivity index is 1.56. The number of hydrogen-bond acceptors (Lipinski definition) is 5. The first-order chi connectivity index (χ1) is 15.6. The van der Waals surface area contributed by atoms with Crippen molar-refractivity contribution in [3.8, 4) is 28.5 Å². The molecule has 32 heavy (non-hydrogen) atoms. The van der Waals surface area contributed by atoms with E-state index in [1.54, 1.807) is 25.3 Å². The van der Waals surface area contributed by atoms with Crippen molar-refractivity contribution in [2.45, 2.75) is 6.92 Å². The fourth-order valence-corrected chi connectivity index (χ4v) is 3.37. The van der Waals surface area contributed by atoms with Gasteiger partial charge in [-0.15, -0.1) is 0 Å². The molecule has 0 unspecified atom stereocenters. The smallest absolute Gasteiger partial charge is 0.262 e. The van der Waals surface area contributed by atoms with E-state index in [1.807, 2.05) is 61.5 Å². The molecule has 0 aliphatic rings. The molecule has 162 valence electrons. The Hall–Kier alpha value is -4.06. The molecule has 0 radical (unpaired) electrons. The van der Waals surface area contributed by atoms with E-state index in [-0.39, 0.29) is 12.5 Å². The lowest BCUT2D eigenvalue weighted by Gasteiger charge is -2.14. The number of carbonyl (C=O) groups is 1. The number of benzene rings is 3. The Kier molecular flexibility index (Phi) is 6.22. The molecule has 1 N–H and O–H groups in total. The maximum Gasteiger partial charge on any atom is 0.262 e. The number of ether oxygens (including phenoxy) is 3. The summed E-state index contributed by atoms with van der Waals surface area (Å²) in [6, 6.07) is 22.9. The Morgan fingerprint density at radius 3 is 2.44 bits per heavy atom. The van der Waals surface area contributed by atoms with Crippen LogP contribution < -0.4 is 19.5 Å². The van der Waals surface area contributed by atoms with Gasteiger partial charge in [0.1, 0.15) is 17.2 Å². The Morgan fingerprint density at radius 2 is 1.69 bits per heavy atom. The number of nitrogens with one attached hydrogen (secondary N) is 1. The summed E-state index contributed by atoms with van der Waals surface area (Å²) >= 11 is 0.